The van der Waals surface area contributed by atoms with Crippen molar-refractivity contribution >= 4 is 23.0 Å². The summed E-state index contributed by atoms with van der Waals surface area (Å²) in [7, 11) is 1.74. The molecule has 2 rings (SSSR count). The molecule has 1 unspecified atom stereocenters. The monoisotopic (exact) mass is 280 g/mol. The van der Waals surface area contributed by atoms with Crippen LogP contribution in [0.1, 0.15) is 28.3 Å². The van der Waals surface area contributed by atoms with Crippen molar-refractivity contribution < 1.29 is 4.92 Å². The molecule has 0 amide bonds. The van der Waals surface area contributed by atoms with Crippen LogP contribution in [0.4, 0.5) is 11.6 Å². The minimum absolute atomic E-state index is 0.000880. The molecular formula is C12H16N4O2S. The van der Waals surface area contributed by atoms with Crippen molar-refractivity contribution in [3.8, 4) is 0 Å². The number of hydrogen-bond donors (Lipinski definition) is 1. The van der Waals surface area contributed by atoms with Crippen LogP contribution in [0.15, 0.2) is 12.4 Å². The van der Waals surface area contributed by atoms with Gasteiger partial charge in [0.25, 0.3) is 0 Å². The standard InChI is InChI=1S/C12H16N4O2S/c1-7-5-10(9(3)19-7)8(2)14-12-11(16(17)18)13-6-15(12)4/h5-6,8,14H,1-4H3. The predicted molar refractivity (Wildman–Crippen MR) is 75.7 cm³/mol. The third-order valence-corrected chi connectivity index (χ3v) is 3.97. The van der Waals surface area contributed by atoms with Crippen LogP contribution in [0.3, 0.4) is 0 Å². The maximum Gasteiger partial charge on any atom is 0.406 e. The first-order valence-electron chi connectivity index (χ1n) is 5.89. The highest BCUT2D eigenvalue weighted by Gasteiger charge is 2.22. The molecule has 0 radical (unpaired) electrons. The molecule has 1 atom stereocenters. The molecule has 0 aliphatic rings. The van der Waals surface area contributed by atoms with Crippen LogP contribution in [-0.4, -0.2) is 14.5 Å². The maximum absolute atomic E-state index is 10.9. The van der Waals surface area contributed by atoms with Gasteiger partial charge in [0, 0.05) is 16.8 Å². The van der Waals surface area contributed by atoms with Crippen molar-refractivity contribution in [1.29, 1.82) is 0 Å². The Labute approximate surface area is 115 Å². The average Bonchev–Trinajstić information content (AvgIpc) is 2.83. The van der Waals surface area contributed by atoms with E-state index < -0.39 is 4.92 Å². The van der Waals surface area contributed by atoms with Crippen molar-refractivity contribution in [3.05, 3.63) is 37.8 Å². The van der Waals surface area contributed by atoms with Crippen LogP contribution < -0.4 is 5.32 Å². The van der Waals surface area contributed by atoms with Crippen LogP contribution in [0.2, 0.25) is 0 Å². The van der Waals surface area contributed by atoms with Gasteiger partial charge in [-0.2, -0.15) is 0 Å². The van der Waals surface area contributed by atoms with E-state index in [-0.39, 0.29) is 11.9 Å². The highest BCUT2D eigenvalue weighted by atomic mass is 32.1. The summed E-state index contributed by atoms with van der Waals surface area (Å²) in [6.45, 7) is 6.11. The molecule has 0 spiro atoms. The molecule has 0 saturated heterocycles. The summed E-state index contributed by atoms with van der Waals surface area (Å²) in [6, 6.07) is 2.11. The topological polar surface area (TPSA) is 73.0 Å². The number of thiophene rings is 1. The number of aromatic nitrogens is 2. The number of aryl methyl sites for hydroxylation is 3. The Morgan fingerprint density at radius 1 is 1.53 bits per heavy atom. The smallest absolute Gasteiger partial charge is 0.358 e. The van der Waals surface area contributed by atoms with E-state index in [1.54, 1.807) is 23.0 Å². The second-order valence-electron chi connectivity index (χ2n) is 4.52. The van der Waals surface area contributed by atoms with Gasteiger partial charge in [0.05, 0.1) is 6.04 Å². The molecule has 6 nitrogen and oxygen atoms in total. The maximum atomic E-state index is 10.9. The molecule has 0 bridgehead atoms. The second kappa shape index (κ2) is 5.00. The average molecular weight is 280 g/mol. The van der Waals surface area contributed by atoms with Gasteiger partial charge in [-0.15, -0.1) is 11.3 Å². The molecule has 0 aromatic carbocycles. The van der Waals surface area contributed by atoms with Gasteiger partial charge in [0.1, 0.15) is 0 Å². The van der Waals surface area contributed by atoms with Crippen molar-refractivity contribution in [2.45, 2.75) is 26.8 Å². The lowest BCUT2D eigenvalue weighted by Crippen LogP contribution is -2.11. The zero-order valence-electron chi connectivity index (χ0n) is 11.3. The SMILES string of the molecule is Cc1cc(C(C)Nc2c([N+](=O)[O-])ncn2C)c(C)s1. The molecule has 19 heavy (non-hydrogen) atoms. The number of rotatable bonds is 4. The minimum Gasteiger partial charge on any atom is -0.358 e. The Morgan fingerprint density at radius 3 is 2.74 bits per heavy atom. The Morgan fingerprint density at radius 2 is 2.21 bits per heavy atom. The van der Waals surface area contributed by atoms with Gasteiger partial charge in [0.15, 0.2) is 0 Å². The van der Waals surface area contributed by atoms with E-state index in [4.69, 9.17) is 0 Å². The van der Waals surface area contributed by atoms with Gasteiger partial charge in [-0.1, -0.05) is 0 Å². The van der Waals surface area contributed by atoms with Crippen LogP contribution in [0, 0.1) is 24.0 Å². The summed E-state index contributed by atoms with van der Waals surface area (Å²) >= 11 is 1.73. The normalized spacial score (nSPS) is 12.4. The fourth-order valence-corrected chi connectivity index (χ4v) is 3.10. The van der Waals surface area contributed by atoms with Gasteiger partial charge in [0.2, 0.25) is 12.1 Å². The van der Waals surface area contributed by atoms with Gasteiger partial charge in [-0.25, -0.2) is 0 Å². The zero-order chi connectivity index (χ0) is 14.2. The van der Waals surface area contributed by atoms with Crippen LogP contribution in [0.25, 0.3) is 0 Å². The van der Waals surface area contributed by atoms with Crippen LogP contribution >= 0.6 is 11.3 Å². The fourth-order valence-electron chi connectivity index (χ4n) is 2.08. The van der Waals surface area contributed by atoms with E-state index in [0.717, 1.165) is 5.56 Å². The third-order valence-electron chi connectivity index (χ3n) is 2.99. The number of nitrogens with zero attached hydrogens (tertiary/aromatic N) is 3. The van der Waals surface area contributed by atoms with Crippen molar-refractivity contribution in [1.82, 2.24) is 9.55 Å². The Balaban J connectivity index is 2.29. The summed E-state index contributed by atoms with van der Waals surface area (Å²) in [4.78, 5) is 16.7. The summed E-state index contributed by atoms with van der Waals surface area (Å²) in [5.74, 6) is 0.291. The lowest BCUT2D eigenvalue weighted by molar-refractivity contribution is -0.388. The highest BCUT2D eigenvalue weighted by Crippen LogP contribution is 2.31. The van der Waals surface area contributed by atoms with E-state index in [1.807, 2.05) is 6.92 Å². The molecule has 102 valence electrons. The van der Waals surface area contributed by atoms with E-state index in [1.165, 1.54) is 16.1 Å². The van der Waals surface area contributed by atoms with Crippen LogP contribution in [-0.2, 0) is 7.05 Å². The van der Waals surface area contributed by atoms with E-state index in [2.05, 4.69) is 30.2 Å². The molecule has 0 aliphatic carbocycles. The number of nitrogens with one attached hydrogen (secondary N) is 1. The molecule has 7 heteroatoms. The first kappa shape index (κ1) is 13.5. The minimum atomic E-state index is -0.471. The lowest BCUT2D eigenvalue weighted by atomic mass is 10.1. The Hall–Kier alpha value is -1.89. The largest absolute Gasteiger partial charge is 0.406 e. The predicted octanol–water partition coefficient (Wildman–Crippen LogP) is 3.18. The lowest BCUT2D eigenvalue weighted by Gasteiger charge is -2.14. The molecular weight excluding hydrogens is 264 g/mol. The molecule has 2 aromatic heterocycles. The van der Waals surface area contributed by atoms with E-state index in [0.29, 0.717) is 5.82 Å². The molecule has 0 saturated carbocycles. The van der Waals surface area contributed by atoms with Gasteiger partial charge in [-0.05, 0) is 42.3 Å². The number of nitro groups is 1. The number of imidazole rings is 1. The van der Waals surface area contributed by atoms with Crippen molar-refractivity contribution in [2.24, 2.45) is 7.05 Å². The van der Waals surface area contributed by atoms with E-state index in [9.17, 15) is 10.1 Å². The first-order chi connectivity index (χ1) is 8.90. The van der Waals surface area contributed by atoms with Crippen molar-refractivity contribution in [2.75, 3.05) is 5.32 Å². The fraction of sp³-hybridized carbons (Fsp3) is 0.417. The molecule has 0 fully saturated rings. The second-order valence-corrected chi connectivity index (χ2v) is 5.98. The van der Waals surface area contributed by atoms with Gasteiger partial charge < -0.3 is 15.4 Å². The molecule has 1 N–H and O–H groups in total. The molecule has 2 heterocycles. The summed E-state index contributed by atoms with van der Waals surface area (Å²) in [5, 5.41) is 14.1. The Bertz CT molecular complexity index is 617. The zero-order valence-corrected chi connectivity index (χ0v) is 12.1. The molecule has 2 aromatic rings. The molecule has 0 aliphatic heterocycles. The van der Waals surface area contributed by atoms with Gasteiger partial charge >= 0.3 is 5.82 Å². The first-order valence-corrected chi connectivity index (χ1v) is 6.71. The quantitative estimate of drug-likeness (QED) is 0.689. The number of anilines is 1. The Kier molecular flexibility index (Phi) is 3.57. The summed E-state index contributed by atoms with van der Waals surface area (Å²) in [5.41, 5.74) is 1.16. The summed E-state index contributed by atoms with van der Waals surface area (Å²) < 4.78 is 1.63. The highest BCUT2D eigenvalue weighted by molar-refractivity contribution is 7.12. The summed E-state index contributed by atoms with van der Waals surface area (Å²) in [6.07, 6.45) is 1.44. The van der Waals surface area contributed by atoms with Crippen molar-refractivity contribution in [3.63, 3.8) is 0 Å². The third kappa shape index (κ3) is 2.60. The van der Waals surface area contributed by atoms with Crippen LogP contribution in [0.5, 0.6) is 0 Å². The number of hydrogen-bond acceptors (Lipinski definition) is 5. The van der Waals surface area contributed by atoms with E-state index >= 15 is 0 Å². The van der Waals surface area contributed by atoms with Gasteiger partial charge in [-0.3, -0.25) is 4.57 Å².